The standard InChI is InChI=1S/C28H26FN5O3S/c1-16-7-6-10-21(17(16)2)34(28(37)25-22(30)23(26(31)35)33-38-25)24(19-11-13-20(29)14-12-19)27(36)32-15-18-8-4-3-5-9-18/h3-14,24H,15,30H2,1-2H3,(H2,31,35)(H,32,36)/t24-/m1/s1. The lowest BCUT2D eigenvalue weighted by Crippen LogP contribution is -2.44. The van der Waals surface area contributed by atoms with Gasteiger partial charge in [0, 0.05) is 12.2 Å². The van der Waals surface area contributed by atoms with Gasteiger partial charge in [-0.3, -0.25) is 19.3 Å². The first kappa shape index (κ1) is 26.5. The summed E-state index contributed by atoms with van der Waals surface area (Å²) in [5.41, 5.74) is 14.4. The van der Waals surface area contributed by atoms with Gasteiger partial charge in [-0.1, -0.05) is 54.6 Å². The number of halogens is 1. The lowest BCUT2D eigenvalue weighted by Gasteiger charge is -2.32. The predicted octanol–water partition coefficient (Wildman–Crippen LogP) is 4.28. The van der Waals surface area contributed by atoms with Crippen molar-refractivity contribution in [2.75, 3.05) is 10.6 Å². The summed E-state index contributed by atoms with van der Waals surface area (Å²) in [5.74, 6) is -2.50. The van der Waals surface area contributed by atoms with Crippen LogP contribution in [0.5, 0.6) is 0 Å². The highest BCUT2D eigenvalue weighted by Gasteiger charge is 2.36. The molecule has 194 valence electrons. The Labute approximate surface area is 223 Å². The summed E-state index contributed by atoms with van der Waals surface area (Å²) in [4.78, 5) is 41.0. The van der Waals surface area contributed by atoms with E-state index in [0.717, 1.165) is 28.2 Å². The first-order valence-corrected chi connectivity index (χ1v) is 12.5. The molecule has 3 aromatic carbocycles. The number of carbonyl (C=O) groups is 3. The van der Waals surface area contributed by atoms with E-state index in [1.807, 2.05) is 50.2 Å². The number of nitrogens with two attached hydrogens (primary N) is 2. The first-order chi connectivity index (χ1) is 18.2. The van der Waals surface area contributed by atoms with Crippen molar-refractivity contribution in [2.24, 2.45) is 5.73 Å². The average Bonchev–Trinajstić information content (AvgIpc) is 3.30. The van der Waals surface area contributed by atoms with Crippen LogP contribution >= 0.6 is 11.5 Å². The Kier molecular flexibility index (Phi) is 7.82. The Morgan fingerprint density at radius 1 is 1.00 bits per heavy atom. The molecule has 3 amide bonds. The fourth-order valence-electron chi connectivity index (χ4n) is 4.05. The molecule has 0 bridgehead atoms. The molecule has 0 saturated carbocycles. The Bertz CT molecular complexity index is 1490. The lowest BCUT2D eigenvalue weighted by molar-refractivity contribution is -0.122. The van der Waals surface area contributed by atoms with Crippen LogP contribution in [-0.4, -0.2) is 22.1 Å². The zero-order valence-electron chi connectivity index (χ0n) is 20.8. The van der Waals surface area contributed by atoms with Crippen molar-refractivity contribution in [3.63, 3.8) is 0 Å². The number of benzene rings is 3. The molecule has 38 heavy (non-hydrogen) atoms. The number of primary amides is 1. The average molecular weight is 532 g/mol. The number of nitrogens with one attached hydrogen (secondary N) is 1. The van der Waals surface area contributed by atoms with Crippen LogP contribution in [0, 0.1) is 19.7 Å². The molecule has 4 aromatic rings. The normalized spacial score (nSPS) is 11.6. The molecular weight excluding hydrogens is 505 g/mol. The molecule has 0 saturated heterocycles. The van der Waals surface area contributed by atoms with Gasteiger partial charge in [-0.15, -0.1) is 0 Å². The largest absolute Gasteiger partial charge is 0.395 e. The van der Waals surface area contributed by atoms with Crippen molar-refractivity contribution in [3.05, 3.63) is 111 Å². The Balaban J connectivity index is 1.87. The van der Waals surface area contributed by atoms with Gasteiger partial charge < -0.3 is 16.8 Å². The molecule has 0 aliphatic rings. The van der Waals surface area contributed by atoms with E-state index in [2.05, 4.69) is 9.69 Å². The highest BCUT2D eigenvalue weighted by Crippen LogP contribution is 2.35. The van der Waals surface area contributed by atoms with Crippen molar-refractivity contribution < 1.29 is 18.8 Å². The maximum atomic E-state index is 14.1. The zero-order valence-corrected chi connectivity index (χ0v) is 21.6. The molecular formula is C28H26FN5O3S. The number of carbonyl (C=O) groups excluding carboxylic acids is 3. The number of hydrogen-bond acceptors (Lipinski definition) is 6. The molecule has 4 rings (SSSR count). The van der Waals surface area contributed by atoms with Gasteiger partial charge in [-0.2, -0.15) is 4.37 Å². The molecule has 1 heterocycles. The van der Waals surface area contributed by atoms with E-state index >= 15 is 0 Å². The second-order valence-electron chi connectivity index (χ2n) is 8.69. The number of aromatic nitrogens is 1. The second-order valence-corrected chi connectivity index (χ2v) is 9.46. The number of nitrogen functional groups attached to an aromatic ring is 1. The van der Waals surface area contributed by atoms with Crippen LogP contribution in [0.25, 0.3) is 0 Å². The smallest absolute Gasteiger partial charge is 0.273 e. The molecule has 0 unspecified atom stereocenters. The number of amides is 3. The maximum absolute atomic E-state index is 14.1. The third-order valence-electron chi connectivity index (χ3n) is 6.21. The second kappa shape index (κ2) is 11.2. The zero-order chi connectivity index (χ0) is 27.4. The predicted molar refractivity (Wildman–Crippen MR) is 145 cm³/mol. The molecule has 0 aliphatic heterocycles. The highest BCUT2D eigenvalue weighted by atomic mass is 32.1. The summed E-state index contributed by atoms with van der Waals surface area (Å²) in [7, 11) is 0. The maximum Gasteiger partial charge on any atom is 0.273 e. The van der Waals surface area contributed by atoms with E-state index in [-0.39, 0.29) is 22.8 Å². The van der Waals surface area contributed by atoms with Gasteiger partial charge in [0.25, 0.3) is 11.8 Å². The van der Waals surface area contributed by atoms with Gasteiger partial charge in [0.15, 0.2) is 5.69 Å². The molecule has 0 radical (unpaired) electrons. The molecule has 8 nitrogen and oxygen atoms in total. The summed E-state index contributed by atoms with van der Waals surface area (Å²) >= 11 is 0.724. The number of aryl methyl sites for hydroxylation is 1. The van der Waals surface area contributed by atoms with Crippen LogP contribution in [0.15, 0.2) is 72.8 Å². The van der Waals surface area contributed by atoms with E-state index in [4.69, 9.17) is 11.5 Å². The van der Waals surface area contributed by atoms with Crippen LogP contribution in [-0.2, 0) is 11.3 Å². The number of hydrogen-bond donors (Lipinski definition) is 3. The topological polar surface area (TPSA) is 131 Å². The van der Waals surface area contributed by atoms with Crippen molar-refractivity contribution in [1.29, 1.82) is 0 Å². The van der Waals surface area contributed by atoms with Gasteiger partial charge in [0.1, 0.15) is 16.7 Å². The van der Waals surface area contributed by atoms with Crippen molar-refractivity contribution in [1.82, 2.24) is 9.69 Å². The SMILES string of the molecule is Cc1cccc(N(C(=O)c2snc(C(N)=O)c2N)[C@@H](C(=O)NCc2ccccc2)c2ccc(F)cc2)c1C. The van der Waals surface area contributed by atoms with Gasteiger partial charge in [0.05, 0.1) is 5.69 Å². The summed E-state index contributed by atoms with van der Waals surface area (Å²) in [6.07, 6.45) is 0. The van der Waals surface area contributed by atoms with Crippen LogP contribution in [0.3, 0.4) is 0 Å². The fourth-order valence-corrected chi connectivity index (χ4v) is 4.79. The van der Waals surface area contributed by atoms with Crippen LogP contribution in [0.2, 0.25) is 0 Å². The van der Waals surface area contributed by atoms with E-state index in [0.29, 0.717) is 11.3 Å². The van der Waals surface area contributed by atoms with Gasteiger partial charge in [-0.25, -0.2) is 4.39 Å². The van der Waals surface area contributed by atoms with E-state index in [1.54, 1.807) is 12.1 Å². The Morgan fingerprint density at radius 2 is 1.68 bits per heavy atom. The number of anilines is 2. The van der Waals surface area contributed by atoms with Crippen molar-refractivity contribution in [2.45, 2.75) is 26.4 Å². The quantitative estimate of drug-likeness (QED) is 0.312. The Morgan fingerprint density at radius 3 is 2.32 bits per heavy atom. The number of nitrogens with zero attached hydrogens (tertiary/aromatic N) is 2. The lowest BCUT2D eigenvalue weighted by atomic mass is 9.99. The van der Waals surface area contributed by atoms with Crippen molar-refractivity contribution in [3.8, 4) is 0 Å². The highest BCUT2D eigenvalue weighted by molar-refractivity contribution is 7.09. The van der Waals surface area contributed by atoms with Gasteiger partial charge in [-0.05, 0) is 65.8 Å². The van der Waals surface area contributed by atoms with E-state index in [9.17, 15) is 18.8 Å². The third kappa shape index (κ3) is 5.40. The third-order valence-corrected chi connectivity index (χ3v) is 7.06. The van der Waals surface area contributed by atoms with Crippen LogP contribution in [0.1, 0.15) is 48.5 Å². The van der Waals surface area contributed by atoms with E-state index < -0.39 is 29.6 Å². The Hall–Kier alpha value is -4.57. The first-order valence-electron chi connectivity index (χ1n) is 11.7. The summed E-state index contributed by atoms with van der Waals surface area (Å²) < 4.78 is 17.8. The van der Waals surface area contributed by atoms with E-state index in [1.165, 1.54) is 29.2 Å². The molecule has 0 fully saturated rings. The molecule has 10 heteroatoms. The fraction of sp³-hybridized carbons (Fsp3) is 0.143. The van der Waals surface area contributed by atoms with Gasteiger partial charge in [0.2, 0.25) is 5.91 Å². The summed E-state index contributed by atoms with van der Waals surface area (Å²) in [6, 6.07) is 18.8. The summed E-state index contributed by atoms with van der Waals surface area (Å²) in [6.45, 7) is 3.93. The molecule has 0 aliphatic carbocycles. The van der Waals surface area contributed by atoms with Crippen molar-refractivity contribution >= 4 is 40.6 Å². The minimum absolute atomic E-state index is 0.0392. The summed E-state index contributed by atoms with van der Waals surface area (Å²) in [5, 5.41) is 2.90. The molecule has 0 spiro atoms. The minimum atomic E-state index is -1.20. The van der Waals surface area contributed by atoms with Crippen LogP contribution in [0.4, 0.5) is 15.8 Å². The minimum Gasteiger partial charge on any atom is -0.395 e. The van der Waals surface area contributed by atoms with Gasteiger partial charge >= 0.3 is 0 Å². The molecule has 1 atom stereocenters. The number of rotatable bonds is 8. The molecule has 1 aromatic heterocycles. The monoisotopic (exact) mass is 531 g/mol. The molecule has 5 N–H and O–H groups in total. The van der Waals surface area contributed by atoms with Crippen LogP contribution < -0.4 is 21.7 Å².